The molecule has 0 aliphatic heterocycles. The third-order valence-electron chi connectivity index (χ3n) is 5.38. The second-order valence-corrected chi connectivity index (χ2v) is 7.94. The molecule has 0 saturated carbocycles. The van der Waals surface area contributed by atoms with E-state index in [-0.39, 0.29) is 6.03 Å². The van der Waals surface area contributed by atoms with Gasteiger partial charge in [0.15, 0.2) is 0 Å². The van der Waals surface area contributed by atoms with Gasteiger partial charge in [0.2, 0.25) is 0 Å². The van der Waals surface area contributed by atoms with Crippen LogP contribution >= 0.6 is 0 Å². The fraction of sp³-hybridized carbons (Fsp3) is 0.480. The van der Waals surface area contributed by atoms with Gasteiger partial charge in [0, 0.05) is 19.2 Å². The van der Waals surface area contributed by atoms with Gasteiger partial charge in [0.25, 0.3) is 0 Å². The lowest BCUT2D eigenvalue weighted by Crippen LogP contribution is -2.38. The number of unbranched alkanes of at least 4 members (excludes halogenated alkanes) is 4. The van der Waals surface area contributed by atoms with E-state index in [0.717, 1.165) is 29.7 Å². The van der Waals surface area contributed by atoms with Gasteiger partial charge in [-0.3, -0.25) is 9.69 Å². The average molecular weight is 441 g/mol. The first-order valence-corrected chi connectivity index (χ1v) is 11.5. The van der Waals surface area contributed by atoms with Crippen molar-refractivity contribution in [2.75, 3.05) is 25.0 Å². The molecule has 0 aliphatic carbocycles. The first-order valence-electron chi connectivity index (χ1n) is 11.5. The number of benzene rings is 1. The number of carboxylic acids is 1. The van der Waals surface area contributed by atoms with Crippen molar-refractivity contribution in [3.63, 3.8) is 0 Å². The van der Waals surface area contributed by atoms with E-state index >= 15 is 0 Å². The van der Waals surface area contributed by atoms with Gasteiger partial charge >= 0.3 is 12.0 Å². The number of urea groups is 1. The van der Waals surface area contributed by atoms with Gasteiger partial charge in [-0.15, -0.1) is 0 Å². The summed E-state index contributed by atoms with van der Waals surface area (Å²) >= 11 is 0. The number of nitrogens with zero attached hydrogens (tertiary/aromatic N) is 2. The van der Waals surface area contributed by atoms with Crippen LogP contribution < -0.4 is 15.5 Å². The summed E-state index contributed by atoms with van der Waals surface area (Å²) in [6.45, 7) is 5.35. The molecule has 0 saturated heterocycles. The summed E-state index contributed by atoms with van der Waals surface area (Å²) in [4.78, 5) is 30.0. The molecule has 1 aromatic heterocycles. The number of carbonyl (C=O) groups excluding carboxylic acids is 1. The molecule has 32 heavy (non-hydrogen) atoms. The number of rotatable bonds is 13. The maximum atomic E-state index is 12.5. The highest BCUT2D eigenvalue weighted by atomic mass is 16.4. The molecule has 2 aromatic rings. The number of likely N-dealkylation sites (N-methyl/N-ethyl adjacent to an activating group) is 1. The lowest BCUT2D eigenvalue weighted by Gasteiger charge is -2.18. The summed E-state index contributed by atoms with van der Waals surface area (Å²) in [6.07, 6.45) is 6.17. The third-order valence-corrected chi connectivity index (χ3v) is 5.38. The van der Waals surface area contributed by atoms with Gasteiger partial charge in [-0.25, -0.2) is 9.78 Å². The second-order valence-electron chi connectivity index (χ2n) is 7.94. The summed E-state index contributed by atoms with van der Waals surface area (Å²) in [7, 11) is 1.72. The van der Waals surface area contributed by atoms with Crippen molar-refractivity contribution in [2.24, 2.45) is 0 Å². The van der Waals surface area contributed by atoms with E-state index in [0.29, 0.717) is 25.3 Å². The number of amides is 2. The van der Waals surface area contributed by atoms with E-state index in [4.69, 9.17) is 0 Å². The number of carbonyl (C=O) groups is 2. The van der Waals surface area contributed by atoms with Crippen LogP contribution in [0.5, 0.6) is 0 Å². The summed E-state index contributed by atoms with van der Waals surface area (Å²) in [5, 5.41) is 15.3. The fourth-order valence-corrected chi connectivity index (χ4v) is 3.46. The Morgan fingerprint density at radius 2 is 1.75 bits per heavy atom. The number of carboxylic acid groups (broad SMARTS) is 1. The number of aromatic nitrogens is 1. The Balaban J connectivity index is 1.98. The number of pyridine rings is 1. The molecule has 2 amide bonds. The Hall–Kier alpha value is -2.93. The molecule has 0 unspecified atom stereocenters. The highest BCUT2D eigenvalue weighted by Crippen LogP contribution is 2.21. The Bertz CT molecular complexity index is 855. The van der Waals surface area contributed by atoms with Crippen LogP contribution in [0.4, 0.5) is 10.6 Å². The third kappa shape index (κ3) is 7.96. The van der Waals surface area contributed by atoms with Crippen LogP contribution in [-0.4, -0.2) is 48.3 Å². The molecule has 7 nitrogen and oxygen atoms in total. The fourth-order valence-electron chi connectivity index (χ4n) is 3.46. The summed E-state index contributed by atoms with van der Waals surface area (Å²) in [5.74, 6) is -0.277. The second kappa shape index (κ2) is 13.5. The SMILES string of the molecule is CCCCCCCNC(=O)N(C)c1cccc(-c2ccc(C[C@H](NCC)C(=O)O)cc2)n1. The molecule has 7 heteroatoms. The predicted octanol–water partition coefficient (Wildman–Crippen LogP) is 4.47. The Morgan fingerprint density at radius 3 is 2.41 bits per heavy atom. The molecule has 0 radical (unpaired) electrons. The number of nitrogens with one attached hydrogen (secondary N) is 2. The van der Waals surface area contributed by atoms with Crippen LogP contribution in [0.1, 0.15) is 51.5 Å². The van der Waals surface area contributed by atoms with Gasteiger partial charge in [-0.1, -0.05) is 69.9 Å². The molecule has 174 valence electrons. The number of anilines is 1. The number of hydrogen-bond acceptors (Lipinski definition) is 4. The van der Waals surface area contributed by atoms with Gasteiger partial charge in [-0.2, -0.15) is 0 Å². The molecule has 3 N–H and O–H groups in total. The molecular formula is C25H36N4O3. The largest absolute Gasteiger partial charge is 0.480 e. The van der Waals surface area contributed by atoms with E-state index in [2.05, 4.69) is 22.5 Å². The van der Waals surface area contributed by atoms with Crippen molar-refractivity contribution in [1.29, 1.82) is 0 Å². The van der Waals surface area contributed by atoms with E-state index in [1.54, 1.807) is 7.05 Å². The highest BCUT2D eigenvalue weighted by Gasteiger charge is 2.16. The molecular weight excluding hydrogens is 404 g/mol. The molecule has 1 atom stereocenters. The van der Waals surface area contributed by atoms with E-state index < -0.39 is 12.0 Å². The van der Waals surface area contributed by atoms with E-state index in [1.165, 1.54) is 24.2 Å². The topological polar surface area (TPSA) is 94.6 Å². The monoisotopic (exact) mass is 440 g/mol. The zero-order valence-corrected chi connectivity index (χ0v) is 19.4. The van der Waals surface area contributed by atoms with Gasteiger partial charge in [0.05, 0.1) is 5.69 Å². The summed E-state index contributed by atoms with van der Waals surface area (Å²) < 4.78 is 0. The molecule has 1 heterocycles. The normalized spacial score (nSPS) is 11.7. The molecule has 0 fully saturated rings. The standard InChI is InChI=1S/C25H36N4O3/c1-4-6-7-8-9-17-27-25(32)29(3)23-12-10-11-21(28-23)20-15-13-19(14-16-20)18-22(24(30)31)26-5-2/h10-16,22,26H,4-9,17-18H2,1-3H3,(H,27,32)(H,30,31)/t22-/m0/s1. The minimum atomic E-state index is -0.854. The first kappa shape index (κ1) is 25.3. The quantitative estimate of drug-likeness (QED) is 0.400. The molecule has 0 spiro atoms. The molecule has 2 rings (SSSR count). The van der Waals surface area contributed by atoms with Crippen LogP contribution in [0.15, 0.2) is 42.5 Å². The van der Waals surface area contributed by atoms with E-state index in [1.807, 2.05) is 49.4 Å². The lowest BCUT2D eigenvalue weighted by atomic mass is 10.0. The minimum absolute atomic E-state index is 0.163. The Kier molecular flexibility index (Phi) is 10.7. The van der Waals surface area contributed by atoms with Crippen LogP contribution in [-0.2, 0) is 11.2 Å². The number of aliphatic carboxylic acids is 1. The lowest BCUT2D eigenvalue weighted by molar-refractivity contribution is -0.139. The van der Waals surface area contributed by atoms with Crippen molar-refractivity contribution < 1.29 is 14.7 Å². The van der Waals surface area contributed by atoms with Crippen molar-refractivity contribution in [1.82, 2.24) is 15.6 Å². The van der Waals surface area contributed by atoms with Crippen LogP contribution in [0.2, 0.25) is 0 Å². The minimum Gasteiger partial charge on any atom is -0.480 e. The zero-order chi connectivity index (χ0) is 23.3. The Morgan fingerprint density at radius 1 is 1.03 bits per heavy atom. The average Bonchev–Trinajstić information content (AvgIpc) is 2.81. The predicted molar refractivity (Wildman–Crippen MR) is 129 cm³/mol. The number of hydrogen-bond donors (Lipinski definition) is 3. The molecule has 1 aromatic carbocycles. The van der Waals surface area contributed by atoms with Crippen molar-refractivity contribution in [3.8, 4) is 11.3 Å². The van der Waals surface area contributed by atoms with Crippen molar-refractivity contribution in [2.45, 2.75) is 58.4 Å². The first-order chi connectivity index (χ1) is 15.5. The van der Waals surface area contributed by atoms with Gasteiger partial charge < -0.3 is 15.7 Å². The van der Waals surface area contributed by atoms with Crippen LogP contribution in [0.3, 0.4) is 0 Å². The smallest absolute Gasteiger partial charge is 0.322 e. The maximum absolute atomic E-state index is 12.5. The highest BCUT2D eigenvalue weighted by molar-refractivity contribution is 5.90. The molecule has 0 aliphatic rings. The van der Waals surface area contributed by atoms with E-state index in [9.17, 15) is 14.7 Å². The summed E-state index contributed by atoms with van der Waals surface area (Å²) in [5.41, 5.74) is 2.61. The van der Waals surface area contributed by atoms with Crippen molar-refractivity contribution >= 4 is 17.8 Å². The summed E-state index contributed by atoms with van der Waals surface area (Å²) in [6, 6.07) is 12.5. The Labute approximate surface area is 191 Å². The van der Waals surface area contributed by atoms with Crippen molar-refractivity contribution in [3.05, 3.63) is 48.0 Å². The van der Waals surface area contributed by atoms with Crippen LogP contribution in [0, 0.1) is 0 Å². The zero-order valence-electron chi connectivity index (χ0n) is 19.4. The van der Waals surface area contributed by atoms with Gasteiger partial charge in [0.1, 0.15) is 11.9 Å². The molecule has 0 bridgehead atoms. The van der Waals surface area contributed by atoms with Gasteiger partial charge in [-0.05, 0) is 37.1 Å². The van der Waals surface area contributed by atoms with Crippen LogP contribution in [0.25, 0.3) is 11.3 Å². The maximum Gasteiger partial charge on any atom is 0.322 e.